The second kappa shape index (κ2) is 8.80. The van der Waals surface area contributed by atoms with Crippen molar-refractivity contribution in [2.24, 2.45) is 11.8 Å². The molecular weight excluding hydrogens is 364 g/mol. The van der Waals surface area contributed by atoms with Gasteiger partial charge in [0, 0.05) is 38.2 Å². The van der Waals surface area contributed by atoms with Crippen LogP contribution in [0.1, 0.15) is 38.2 Å². The van der Waals surface area contributed by atoms with Crippen LogP contribution in [0.4, 0.5) is 5.69 Å². The number of carbonyl (C=O) groups is 1. The number of hydrogen-bond donors (Lipinski definition) is 0. The summed E-state index contributed by atoms with van der Waals surface area (Å²) < 4.78 is 1.49. The van der Waals surface area contributed by atoms with Crippen molar-refractivity contribution in [1.82, 2.24) is 14.7 Å². The first-order valence-electron chi connectivity index (χ1n) is 10.7. The highest BCUT2D eigenvalue weighted by Crippen LogP contribution is 2.25. The number of amides is 1. The molecule has 154 valence electrons. The number of anilines is 1. The van der Waals surface area contributed by atoms with Gasteiger partial charge in [0.05, 0.1) is 18.4 Å². The third-order valence-electron chi connectivity index (χ3n) is 6.21. The number of hydrogen-bond acceptors (Lipinski definition) is 4. The Morgan fingerprint density at radius 2 is 1.86 bits per heavy atom. The largest absolute Gasteiger partial charge is 0.370 e. The van der Waals surface area contributed by atoms with E-state index in [9.17, 15) is 9.59 Å². The van der Waals surface area contributed by atoms with Crippen molar-refractivity contribution in [2.75, 3.05) is 31.1 Å². The zero-order valence-corrected chi connectivity index (χ0v) is 17.2. The van der Waals surface area contributed by atoms with E-state index < -0.39 is 0 Å². The molecule has 1 atom stereocenters. The average molecular weight is 395 g/mol. The summed E-state index contributed by atoms with van der Waals surface area (Å²) in [7, 11) is 0. The SMILES string of the molecule is C[C@@H]1CCCN(C(=O)C2CCN(c3cnn(Cc4ccccc4)c(=O)c3)CC2)C1. The Bertz CT molecular complexity index is 887. The molecule has 0 unspecified atom stereocenters. The van der Waals surface area contributed by atoms with E-state index in [1.165, 1.54) is 11.1 Å². The Balaban J connectivity index is 1.35. The van der Waals surface area contributed by atoms with Gasteiger partial charge in [0.15, 0.2) is 0 Å². The van der Waals surface area contributed by atoms with Crippen LogP contribution in [0, 0.1) is 11.8 Å². The molecule has 2 aromatic rings. The molecule has 1 aromatic heterocycles. The standard InChI is InChI=1S/C23H30N4O2/c1-18-6-5-11-26(16-18)23(29)20-9-12-25(13-10-20)21-14-22(28)27(24-15-21)17-19-7-3-2-4-8-19/h2-4,7-8,14-15,18,20H,5-6,9-13,16-17H2,1H3/t18-/m1/s1. The minimum atomic E-state index is -0.0909. The van der Waals surface area contributed by atoms with Crippen molar-refractivity contribution in [3.8, 4) is 0 Å². The number of nitrogens with zero attached hydrogens (tertiary/aromatic N) is 4. The molecule has 2 aliphatic rings. The van der Waals surface area contributed by atoms with E-state index in [0.717, 1.165) is 56.7 Å². The lowest BCUT2D eigenvalue weighted by atomic mass is 9.92. The first-order valence-corrected chi connectivity index (χ1v) is 10.7. The third-order valence-corrected chi connectivity index (χ3v) is 6.21. The summed E-state index contributed by atoms with van der Waals surface area (Å²) in [6.45, 7) is 6.11. The predicted molar refractivity (Wildman–Crippen MR) is 114 cm³/mol. The summed E-state index contributed by atoms with van der Waals surface area (Å²) in [6, 6.07) is 11.5. The average Bonchev–Trinajstić information content (AvgIpc) is 2.75. The van der Waals surface area contributed by atoms with Gasteiger partial charge < -0.3 is 9.80 Å². The van der Waals surface area contributed by atoms with Crippen LogP contribution in [0.5, 0.6) is 0 Å². The van der Waals surface area contributed by atoms with E-state index >= 15 is 0 Å². The van der Waals surface area contributed by atoms with Crippen molar-refractivity contribution < 1.29 is 4.79 Å². The molecule has 0 radical (unpaired) electrons. The smallest absolute Gasteiger partial charge is 0.269 e. The highest BCUT2D eigenvalue weighted by Gasteiger charge is 2.30. The molecular formula is C23H30N4O2. The van der Waals surface area contributed by atoms with E-state index in [1.807, 2.05) is 30.3 Å². The molecule has 4 rings (SSSR count). The van der Waals surface area contributed by atoms with Gasteiger partial charge in [-0.15, -0.1) is 0 Å². The second-order valence-electron chi connectivity index (χ2n) is 8.49. The van der Waals surface area contributed by atoms with Crippen molar-refractivity contribution >= 4 is 11.6 Å². The Kier molecular flexibility index (Phi) is 5.97. The summed E-state index contributed by atoms with van der Waals surface area (Å²) in [6.07, 6.45) is 5.81. The van der Waals surface area contributed by atoms with Gasteiger partial charge in [-0.3, -0.25) is 9.59 Å². The molecule has 29 heavy (non-hydrogen) atoms. The lowest BCUT2D eigenvalue weighted by Crippen LogP contribution is -2.46. The fraction of sp³-hybridized carbons (Fsp3) is 0.522. The molecule has 0 spiro atoms. The number of benzene rings is 1. The summed E-state index contributed by atoms with van der Waals surface area (Å²) >= 11 is 0. The highest BCUT2D eigenvalue weighted by molar-refractivity contribution is 5.79. The van der Waals surface area contributed by atoms with Crippen LogP contribution in [0.25, 0.3) is 0 Å². The van der Waals surface area contributed by atoms with Crippen molar-refractivity contribution in [3.63, 3.8) is 0 Å². The quantitative estimate of drug-likeness (QED) is 0.800. The van der Waals surface area contributed by atoms with Crippen LogP contribution in [0.3, 0.4) is 0 Å². The molecule has 0 N–H and O–H groups in total. The first kappa shape index (κ1) is 19.7. The van der Waals surface area contributed by atoms with Gasteiger partial charge in [0.2, 0.25) is 5.91 Å². The van der Waals surface area contributed by atoms with Crippen LogP contribution in [-0.2, 0) is 11.3 Å². The van der Waals surface area contributed by atoms with Gasteiger partial charge in [-0.25, -0.2) is 4.68 Å². The fourth-order valence-electron chi connectivity index (χ4n) is 4.50. The molecule has 0 saturated carbocycles. The molecule has 2 saturated heterocycles. The number of carbonyl (C=O) groups excluding carboxylic acids is 1. The molecule has 6 heteroatoms. The van der Waals surface area contributed by atoms with Crippen LogP contribution in [0.15, 0.2) is 47.4 Å². The van der Waals surface area contributed by atoms with Gasteiger partial charge in [-0.2, -0.15) is 5.10 Å². The van der Waals surface area contributed by atoms with E-state index in [2.05, 4.69) is 21.8 Å². The highest BCUT2D eigenvalue weighted by atomic mass is 16.2. The van der Waals surface area contributed by atoms with Gasteiger partial charge >= 0.3 is 0 Å². The van der Waals surface area contributed by atoms with Gasteiger partial charge in [-0.05, 0) is 37.2 Å². The lowest BCUT2D eigenvalue weighted by molar-refractivity contribution is -0.137. The van der Waals surface area contributed by atoms with Crippen molar-refractivity contribution in [1.29, 1.82) is 0 Å². The van der Waals surface area contributed by atoms with E-state index in [1.54, 1.807) is 12.3 Å². The molecule has 2 fully saturated rings. The van der Waals surface area contributed by atoms with E-state index in [4.69, 9.17) is 0 Å². The van der Waals surface area contributed by atoms with Crippen LogP contribution < -0.4 is 10.5 Å². The Morgan fingerprint density at radius 3 is 2.55 bits per heavy atom. The molecule has 1 amide bonds. The molecule has 0 bridgehead atoms. The molecule has 1 aromatic carbocycles. The predicted octanol–water partition coefficient (Wildman–Crippen LogP) is 2.77. The molecule has 2 aliphatic heterocycles. The monoisotopic (exact) mass is 394 g/mol. The molecule has 0 aliphatic carbocycles. The third kappa shape index (κ3) is 4.69. The zero-order chi connectivity index (χ0) is 20.2. The summed E-state index contributed by atoms with van der Waals surface area (Å²) in [5.74, 6) is 1.05. The molecule has 3 heterocycles. The van der Waals surface area contributed by atoms with Crippen LogP contribution in [-0.4, -0.2) is 46.8 Å². The Morgan fingerprint density at radius 1 is 1.10 bits per heavy atom. The maximum atomic E-state index is 12.9. The minimum absolute atomic E-state index is 0.0909. The Hall–Kier alpha value is -2.63. The number of aromatic nitrogens is 2. The summed E-state index contributed by atoms with van der Waals surface area (Å²) in [5, 5.41) is 4.37. The summed E-state index contributed by atoms with van der Waals surface area (Å²) in [5.41, 5.74) is 1.82. The Labute approximate surface area is 172 Å². The number of rotatable bonds is 4. The maximum absolute atomic E-state index is 12.9. The second-order valence-corrected chi connectivity index (χ2v) is 8.49. The van der Waals surface area contributed by atoms with Gasteiger partial charge in [0.25, 0.3) is 5.56 Å². The first-order chi connectivity index (χ1) is 14.1. The van der Waals surface area contributed by atoms with Crippen LogP contribution >= 0.6 is 0 Å². The summed E-state index contributed by atoms with van der Waals surface area (Å²) in [4.78, 5) is 29.6. The van der Waals surface area contributed by atoms with Crippen molar-refractivity contribution in [2.45, 2.75) is 39.2 Å². The molecule has 6 nitrogen and oxygen atoms in total. The minimum Gasteiger partial charge on any atom is -0.370 e. The number of likely N-dealkylation sites (tertiary alicyclic amines) is 1. The normalized spacial score (nSPS) is 20.7. The maximum Gasteiger partial charge on any atom is 0.269 e. The van der Waals surface area contributed by atoms with Gasteiger partial charge in [0.1, 0.15) is 0 Å². The number of piperidine rings is 2. The fourth-order valence-corrected chi connectivity index (χ4v) is 4.50. The van der Waals surface area contributed by atoms with E-state index in [0.29, 0.717) is 18.4 Å². The lowest BCUT2D eigenvalue weighted by Gasteiger charge is -2.37. The van der Waals surface area contributed by atoms with Crippen molar-refractivity contribution in [3.05, 3.63) is 58.5 Å². The van der Waals surface area contributed by atoms with Crippen LogP contribution in [0.2, 0.25) is 0 Å². The van der Waals surface area contributed by atoms with Gasteiger partial charge in [-0.1, -0.05) is 37.3 Å². The van der Waals surface area contributed by atoms with E-state index in [-0.39, 0.29) is 11.5 Å². The zero-order valence-electron chi connectivity index (χ0n) is 17.2. The topological polar surface area (TPSA) is 58.4 Å².